The highest BCUT2D eigenvalue weighted by Gasteiger charge is 2.17. The molecule has 22 heavy (non-hydrogen) atoms. The van der Waals surface area contributed by atoms with Crippen molar-refractivity contribution >= 4 is 23.2 Å². The van der Waals surface area contributed by atoms with Crippen molar-refractivity contribution in [3.8, 4) is 0 Å². The van der Waals surface area contributed by atoms with Crippen molar-refractivity contribution in [1.29, 1.82) is 0 Å². The number of hydrogen-bond donors (Lipinski definition) is 2. The van der Waals surface area contributed by atoms with Crippen LogP contribution in [0.25, 0.3) is 0 Å². The maximum atomic E-state index is 11.9. The van der Waals surface area contributed by atoms with Crippen LogP contribution >= 0.6 is 0 Å². The lowest BCUT2D eigenvalue weighted by atomic mass is 10.2. The van der Waals surface area contributed by atoms with E-state index in [2.05, 4.69) is 10.6 Å². The number of carbonyl (C=O) groups excluding carboxylic acids is 2. The van der Waals surface area contributed by atoms with Crippen molar-refractivity contribution < 1.29 is 14.5 Å². The zero-order valence-electron chi connectivity index (χ0n) is 12.1. The molecular weight excluding hydrogens is 288 g/mol. The zero-order chi connectivity index (χ0) is 15.9. The Bertz CT molecular complexity index is 552. The van der Waals surface area contributed by atoms with E-state index in [9.17, 15) is 19.7 Å². The van der Waals surface area contributed by atoms with Crippen molar-refractivity contribution in [3.05, 3.63) is 34.4 Å². The average molecular weight is 306 g/mol. The van der Waals surface area contributed by atoms with E-state index in [1.54, 1.807) is 4.90 Å². The Morgan fingerprint density at radius 1 is 1.18 bits per heavy atom. The molecule has 1 fully saturated rings. The fourth-order valence-corrected chi connectivity index (χ4v) is 2.18. The van der Waals surface area contributed by atoms with Crippen molar-refractivity contribution in [2.45, 2.75) is 12.8 Å². The molecule has 1 aromatic carbocycles. The van der Waals surface area contributed by atoms with Gasteiger partial charge in [-0.15, -0.1) is 0 Å². The summed E-state index contributed by atoms with van der Waals surface area (Å²) in [6.45, 7) is 2.90. The molecule has 1 aliphatic heterocycles. The van der Waals surface area contributed by atoms with E-state index < -0.39 is 4.92 Å². The Balaban J connectivity index is 1.77. The van der Waals surface area contributed by atoms with Gasteiger partial charge in [0.2, 0.25) is 11.8 Å². The number of nitro groups is 1. The molecule has 1 aliphatic rings. The molecule has 2 amide bonds. The van der Waals surface area contributed by atoms with E-state index in [-0.39, 0.29) is 30.3 Å². The average Bonchev–Trinajstić information content (AvgIpc) is 2.54. The lowest BCUT2D eigenvalue weighted by Crippen LogP contribution is -2.46. The topological polar surface area (TPSA) is 105 Å². The molecular formula is C14H18N4O4. The van der Waals surface area contributed by atoms with Gasteiger partial charge in [-0.2, -0.15) is 0 Å². The molecule has 0 saturated carbocycles. The molecule has 0 aromatic heterocycles. The summed E-state index contributed by atoms with van der Waals surface area (Å²) in [6, 6.07) is 5.57. The van der Waals surface area contributed by atoms with Crippen molar-refractivity contribution in [1.82, 2.24) is 10.2 Å². The maximum Gasteiger partial charge on any atom is 0.269 e. The van der Waals surface area contributed by atoms with Crippen molar-refractivity contribution in [2.75, 3.05) is 31.5 Å². The van der Waals surface area contributed by atoms with Gasteiger partial charge in [-0.25, -0.2) is 0 Å². The van der Waals surface area contributed by atoms with Crippen LogP contribution in [0.3, 0.4) is 0 Å². The second kappa shape index (κ2) is 7.51. The summed E-state index contributed by atoms with van der Waals surface area (Å²) < 4.78 is 0. The fourth-order valence-electron chi connectivity index (χ4n) is 2.18. The number of piperazine rings is 1. The monoisotopic (exact) mass is 306 g/mol. The smallest absolute Gasteiger partial charge is 0.269 e. The highest BCUT2D eigenvalue weighted by Crippen LogP contribution is 2.15. The highest BCUT2D eigenvalue weighted by atomic mass is 16.6. The third-order valence-corrected chi connectivity index (χ3v) is 3.40. The number of nitrogens with one attached hydrogen (secondary N) is 2. The first-order chi connectivity index (χ1) is 10.6. The Hall–Kier alpha value is -2.48. The van der Waals surface area contributed by atoms with Crippen LogP contribution in [0.5, 0.6) is 0 Å². The molecule has 0 unspecified atom stereocenters. The van der Waals surface area contributed by atoms with Gasteiger partial charge in [0, 0.05) is 56.8 Å². The second-order valence-electron chi connectivity index (χ2n) is 4.98. The standard InChI is InChI=1S/C14H18N4O4/c19-13(5-6-14(20)17-9-7-15-8-10-17)16-11-1-3-12(4-2-11)18(21)22/h1-4,15H,5-10H2,(H,16,19). The zero-order valence-corrected chi connectivity index (χ0v) is 12.1. The van der Waals surface area contributed by atoms with E-state index in [1.807, 2.05) is 0 Å². The van der Waals surface area contributed by atoms with Crippen LogP contribution in [0.15, 0.2) is 24.3 Å². The van der Waals surface area contributed by atoms with Gasteiger partial charge in [0.1, 0.15) is 0 Å². The van der Waals surface area contributed by atoms with Gasteiger partial charge < -0.3 is 15.5 Å². The molecule has 2 rings (SSSR count). The number of benzene rings is 1. The second-order valence-corrected chi connectivity index (χ2v) is 4.98. The van der Waals surface area contributed by atoms with Gasteiger partial charge >= 0.3 is 0 Å². The summed E-state index contributed by atoms with van der Waals surface area (Å²) in [4.78, 5) is 35.5. The number of non-ortho nitro benzene ring substituents is 1. The number of rotatable bonds is 5. The van der Waals surface area contributed by atoms with E-state index in [0.29, 0.717) is 18.8 Å². The van der Waals surface area contributed by atoms with E-state index in [4.69, 9.17) is 0 Å². The summed E-state index contributed by atoms with van der Waals surface area (Å²) in [5.41, 5.74) is 0.442. The summed E-state index contributed by atoms with van der Waals surface area (Å²) >= 11 is 0. The molecule has 0 aliphatic carbocycles. The molecule has 2 N–H and O–H groups in total. The number of hydrogen-bond acceptors (Lipinski definition) is 5. The summed E-state index contributed by atoms with van der Waals surface area (Å²) in [7, 11) is 0. The SMILES string of the molecule is O=C(CCC(=O)N1CCNCC1)Nc1ccc([N+](=O)[O-])cc1. The lowest BCUT2D eigenvalue weighted by Gasteiger charge is -2.27. The first-order valence-corrected chi connectivity index (χ1v) is 7.09. The van der Waals surface area contributed by atoms with E-state index >= 15 is 0 Å². The molecule has 0 radical (unpaired) electrons. The van der Waals surface area contributed by atoms with E-state index in [1.165, 1.54) is 24.3 Å². The summed E-state index contributed by atoms with van der Waals surface area (Å²) in [5, 5.41) is 16.3. The third kappa shape index (κ3) is 4.52. The van der Waals surface area contributed by atoms with Crippen LogP contribution in [-0.4, -0.2) is 47.8 Å². The number of nitro benzene ring substituents is 1. The van der Waals surface area contributed by atoms with Crippen LogP contribution in [0, 0.1) is 10.1 Å². The molecule has 118 valence electrons. The maximum absolute atomic E-state index is 11.9. The minimum absolute atomic E-state index is 0.0275. The van der Waals surface area contributed by atoms with Gasteiger partial charge in [0.05, 0.1) is 4.92 Å². The van der Waals surface area contributed by atoms with Crippen LogP contribution < -0.4 is 10.6 Å². The molecule has 8 nitrogen and oxygen atoms in total. The molecule has 1 heterocycles. The fraction of sp³-hybridized carbons (Fsp3) is 0.429. The molecule has 1 aromatic rings. The van der Waals surface area contributed by atoms with Crippen LogP contribution in [0.4, 0.5) is 11.4 Å². The Labute approximate surface area is 127 Å². The first kappa shape index (κ1) is 15.9. The first-order valence-electron chi connectivity index (χ1n) is 7.09. The van der Waals surface area contributed by atoms with Gasteiger partial charge in [-0.1, -0.05) is 0 Å². The summed E-state index contributed by atoms with van der Waals surface area (Å²) in [5.74, 6) is -0.308. The van der Waals surface area contributed by atoms with Gasteiger partial charge in [0.25, 0.3) is 5.69 Å². The predicted molar refractivity (Wildman–Crippen MR) is 80.4 cm³/mol. The molecule has 8 heteroatoms. The molecule has 0 bridgehead atoms. The number of anilines is 1. The molecule has 1 saturated heterocycles. The Kier molecular flexibility index (Phi) is 5.42. The van der Waals surface area contributed by atoms with Gasteiger partial charge in [0.15, 0.2) is 0 Å². The van der Waals surface area contributed by atoms with E-state index in [0.717, 1.165) is 13.1 Å². The quantitative estimate of drug-likeness (QED) is 0.617. The van der Waals surface area contributed by atoms with Crippen molar-refractivity contribution in [2.24, 2.45) is 0 Å². The molecule has 0 spiro atoms. The van der Waals surface area contributed by atoms with Crippen LogP contribution in [0.1, 0.15) is 12.8 Å². The normalized spacial score (nSPS) is 14.5. The number of amides is 2. The minimum Gasteiger partial charge on any atom is -0.340 e. The minimum atomic E-state index is -0.502. The van der Waals surface area contributed by atoms with Crippen molar-refractivity contribution in [3.63, 3.8) is 0 Å². The van der Waals surface area contributed by atoms with Crippen LogP contribution in [-0.2, 0) is 9.59 Å². The summed E-state index contributed by atoms with van der Waals surface area (Å²) in [6.07, 6.45) is 0.262. The predicted octanol–water partition coefficient (Wildman–Crippen LogP) is 0.745. The number of nitrogens with zero attached hydrogens (tertiary/aromatic N) is 2. The van der Waals surface area contributed by atoms with Crippen LogP contribution in [0.2, 0.25) is 0 Å². The lowest BCUT2D eigenvalue weighted by molar-refractivity contribution is -0.384. The third-order valence-electron chi connectivity index (χ3n) is 3.40. The Morgan fingerprint density at radius 2 is 1.82 bits per heavy atom. The number of carbonyl (C=O) groups is 2. The van der Waals surface area contributed by atoms with Gasteiger partial charge in [-0.05, 0) is 12.1 Å². The van der Waals surface area contributed by atoms with Gasteiger partial charge in [-0.3, -0.25) is 19.7 Å². The largest absolute Gasteiger partial charge is 0.340 e. The Morgan fingerprint density at radius 3 is 2.41 bits per heavy atom. The molecule has 0 atom stereocenters. The highest BCUT2D eigenvalue weighted by molar-refractivity contribution is 5.93.